The summed E-state index contributed by atoms with van der Waals surface area (Å²) in [7, 11) is 1.14. The van der Waals surface area contributed by atoms with Crippen molar-refractivity contribution in [3.8, 4) is 0 Å². The summed E-state index contributed by atoms with van der Waals surface area (Å²) < 4.78 is 33.9. The third kappa shape index (κ3) is 43.4. The van der Waals surface area contributed by atoms with Crippen molar-refractivity contribution in [2.75, 3.05) is 47.5 Å². The Morgan fingerprint density at radius 1 is 0.544 bits per heavy atom. The summed E-state index contributed by atoms with van der Waals surface area (Å²) in [5.41, 5.74) is 0. The maximum Gasteiger partial charge on any atom is 0.306 e. The molecule has 0 bridgehead atoms. The van der Waals surface area contributed by atoms with E-state index in [1.165, 1.54) is 96.3 Å². The van der Waals surface area contributed by atoms with Gasteiger partial charge in [0.15, 0.2) is 6.10 Å². The lowest BCUT2D eigenvalue weighted by Crippen LogP contribution is -2.37. The van der Waals surface area contributed by atoms with Crippen LogP contribution in [-0.4, -0.2) is 70.0 Å². The Bertz CT molecular complexity index is 1110. The molecule has 0 saturated carbocycles. The monoisotopic (exact) mass is 824 g/mol. The van der Waals surface area contributed by atoms with E-state index in [0.29, 0.717) is 17.4 Å². The molecule has 0 amide bonds. The lowest BCUT2D eigenvalue weighted by molar-refractivity contribution is -0.870. The Kier molecular flexibility index (Phi) is 38.0. The number of quaternary nitrogens is 1. The summed E-state index contributed by atoms with van der Waals surface area (Å²) in [6, 6.07) is 0. The van der Waals surface area contributed by atoms with E-state index in [-0.39, 0.29) is 26.1 Å². The largest absolute Gasteiger partial charge is 0.756 e. The zero-order valence-corrected chi connectivity index (χ0v) is 38.2. The number of phosphoric ester groups is 1. The normalized spacial score (nSPS) is 14.0. The highest BCUT2D eigenvalue weighted by Crippen LogP contribution is 2.38. The summed E-state index contributed by atoms with van der Waals surface area (Å²) in [5.74, 6) is -0.868. The average Bonchev–Trinajstić information content (AvgIpc) is 3.16. The predicted octanol–water partition coefficient (Wildman–Crippen LogP) is 12.4. The van der Waals surface area contributed by atoms with Gasteiger partial charge in [0.25, 0.3) is 7.82 Å². The van der Waals surface area contributed by atoms with Crippen LogP contribution in [0.1, 0.15) is 187 Å². The first-order valence-electron chi connectivity index (χ1n) is 22.8. The van der Waals surface area contributed by atoms with Crippen molar-refractivity contribution in [2.45, 2.75) is 193 Å². The molecule has 0 radical (unpaired) electrons. The standard InChI is InChI=1S/C47H86NO8P/c1-6-8-10-12-14-16-18-20-22-23-24-25-26-28-30-32-34-36-38-40-47(50)56-45(44-55-57(51,52)54-42-41-48(3,4)5)43-53-46(49)39-37-35-33-31-29-27-21-19-17-15-13-11-9-7-2/h14,16,20,22,24-25,28,30,45H,6-13,15,17-19,21,23,26-27,29,31-44H2,1-5H3/b16-14-,22-20-,25-24-,30-28-/t45-/m1/s1. The fourth-order valence-corrected chi connectivity index (χ4v) is 6.72. The third-order valence-corrected chi connectivity index (χ3v) is 10.6. The molecular weight excluding hydrogens is 737 g/mol. The molecule has 10 heteroatoms. The van der Waals surface area contributed by atoms with Crippen LogP contribution in [0, 0.1) is 0 Å². The fourth-order valence-electron chi connectivity index (χ4n) is 5.99. The van der Waals surface area contributed by atoms with Gasteiger partial charge in [-0.3, -0.25) is 14.2 Å². The van der Waals surface area contributed by atoms with Gasteiger partial charge < -0.3 is 27.9 Å². The van der Waals surface area contributed by atoms with Crippen molar-refractivity contribution in [1.82, 2.24) is 0 Å². The van der Waals surface area contributed by atoms with Gasteiger partial charge in [-0.2, -0.15) is 0 Å². The molecule has 0 aromatic heterocycles. The van der Waals surface area contributed by atoms with Gasteiger partial charge in [-0.15, -0.1) is 0 Å². The molecule has 9 nitrogen and oxygen atoms in total. The minimum absolute atomic E-state index is 0.0377. The highest BCUT2D eigenvalue weighted by Gasteiger charge is 2.21. The number of rotatable bonds is 41. The highest BCUT2D eigenvalue weighted by molar-refractivity contribution is 7.45. The summed E-state index contributed by atoms with van der Waals surface area (Å²) >= 11 is 0. The first-order chi connectivity index (χ1) is 27.5. The van der Waals surface area contributed by atoms with Crippen molar-refractivity contribution in [1.29, 1.82) is 0 Å². The third-order valence-electron chi connectivity index (χ3n) is 9.60. The average molecular weight is 824 g/mol. The first kappa shape index (κ1) is 55.0. The molecule has 332 valence electrons. The molecule has 0 heterocycles. The van der Waals surface area contributed by atoms with Crippen molar-refractivity contribution in [3.63, 3.8) is 0 Å². The van der Waals surface area contributed by atoms with Crippen LogP contribution in [0.2, 0.25) is 0 Å². The van der Waals surface area contributed by atoms with E-state index < -0.39 is 32.5 Å². The number of allylic oxidation sites excluding steroid dienone is 8. The zero-order valence-electron chi connectivity index (χ0n) is 37.3. The first-order valence-corrected chi connectivity index (χ1v) is 24.3. The number of ether oxygens (including phenoxy) is 2. The predicted molar refractivity (Wildman–Crippen MR) is 236 cm³/mol. The number of unbranched alkanes of at least 4 members (excludes halogenated alkanes) is 19. The van der Waals surface area contributed by atoms with Gasteiger partial charge in [0.05, 0.1) is 27.7 Å². The Labute approximate surface area is 350 Å². The molecule has 57 heavy (non-hydrogen) atoms. The van der Waals surface area contributed by atoms with E-state index in [1.54, 1.807) is 0 Å². The van der Waals surface area contributed by atoms with Crippen molar-refractivity contribution < 1.29 is 42.1 Å². The van der Waals surface area contributed by atoms with Crippen LogP contribution in [0.5, 0.6) is 0 Å². The molecule has 0 aromatic rings. The van der Waals surface area contributed by atoms with E-state index in [1.807, 2.05) is 21.1 Å². The van der Waals surface area contributed by atoms with Gasteiger partial charge in [0.2, 0.25) is 0 Å². The quantitative estimate of drug-likeness (QED) is 0.0197. The van der Waals surface area contributed by atoms with E-state index in [4.69, 9.17) is 18.5 Å². The SMILES string of the molecule is CCCCC/C=C\C/C=C\C/C=C\C/C=C\CCCCCC(=O)O[C@H](COC(=O)CCCCCCCCCCCCCCCC)COP(=O)([O-])OCC[N+](C)(C)C. The minimum atomic E-state index is -4.63. The molecular formula is C47H86NO8P. The maximum absolute atomic E-state index is 12.7. The van der Waals surface area contributed by atoms with Crippen LogP contribution in [0.15, 0.2) is 48.6 Å². The molecule has 0 aliphatic rings. The molecule has 1 unspecified atom stereocenters. The Morgan fingerprint density at radius 3 is 1.44 bits per heavy atom. The molecule has 0 aliphatic carbocycles. The number of carbonyl (C=O) groups excluding carboxylic acids is 2. The van der Waals surface area contributed by atoms with Gasteiger partial charge in [-0.1, -0.05) is 165 Å². The van der Waals surface area contributed by atoms with Crippen molar-refractivity contribution >= 4 is 19.8 Å². The maximum atomic E-state index is 12.7. The van der Waals surface area contributed by atoms with E-state index in [0.717, 1.165) is 57.8 Å². The number of hydrogen-bond donors (Lipinski definition) is 0. The Hall–Kier alpha value is -2.03. The topological polar surface area (TPSA) is 111 Å². The Morgan fingerprint density at radius 2 is 0.947 bits per heavy atom. The summed E-state index contributed by atoms with van der Waals surface area (Å²) in [6.07, 6.45) is 45.6. The van der Waals surface area contributed by atoms with Crippen LogP contribution in [0.3, 0.4) is 0 Å². The van der Waals surface area contributed by atoms with Crippen LogP contribution in [0.25, 0.3) is 0 Å². The second-order valence-corrected chi connectivity index (χ2v) is 17.8. The van der Waals surface area contributed by atoms with Crippen molar-refractivity contribution in [3.05, 3.63) is 48.6 Å². The number of esters is 2. The number of likely N-dealkylation sites (N-methyl/N-ethyl adjacent to an activating group) is 1. The van der Waals surface area contributed by atoms with Crippen molar-refractivity contribution in [2.24, 2.45) is 0 Å². The summed E-state index contributed by atoms with van der Waals surface area (Å²) in [4.78, 5) is 37.5. The second kappa shape index (κ2) is 39.4. The number of carbonyl (C=O) groups is 2. The van der Waals surface area contributed by atoms with Crippen LogP contribution in [0.4, 0.5) is 0 Å². The molecule has 0 rings (SSSR count). The molecule has 0 spiro atoms. The molecule has 0 fully saturated rings. The van der Waals surface area contributed by atoms with E-state index >= 15 is 0 Å². The Balaban J connectivity index is 4.41. The molecule has 2 atom stereocenters. The van der Waals surface area contributed by atoms with Gasteiger partial charge in [0.1, 0.15) is 19.8 Å². The van der Waals surface area contributed by atoms with Crippen LogP contribution in [-0.2, 0) is 32.7 Å². The molecule has 0 N–H and O–H groups in total. The van der Waals surface area contributed by atoms with Gasteiger partial charge >= 0.3 is 11.9 Å². The number of nitrogens with zero attached hydrogens (tertiary/aromatic N) is 1. The van der Waals surface area contributed by atoms with Gasteiger partial charge in [-0.25, -0.2) is 0 Å². The lowest BCUT2D eigenvalue weighted by atomic mass is 10.0. The lowest BCUT2D eigenvalue weighted by Gasteiger charge is -2.28. The fraction of sp³-hybridized carbons (Fsp3) is 0.787. The summed E-state index contributed by atoms with van der Waals surface area (Å²) in [6.45, 7) is 4.16. The molecule has 0 saturated heterocycles. The molecule has 0 aliphatic heterocycles. The van der Waals surface area contributed by atoms with E-state index in [9.17, 15) is 19.0 Å². The van der Waals surface area contributed by atoms with Crippen LogP contribution < -0.4 is 4.89 Å². The smallest absolute Gasteiger partial charge is 0.306 e. The zero-order chi connectivity index (χ0) is 42.1. The molecule has 0 aromatic carbocycles. The van der Waals surface area contributed by atoms with Gasteiger partial charge in [-0.05, 0) is 57.8 Å². The van der Waals surface area contributed by atoms with Crippen LogP contribution >= 0.6 is 7.82 Å². The second-order valence-electron chi connectivity index (χ2n) is 16.4. The summed E-state index contributed by atoms with van der Waals surface area (Å²) in [5, 5.41) is 0. The number of phosphoric acid groups is 1. The minimum Gasteiger partial charge on any atom is -0.756 e. The number of hydrogen-bond acceptors (Lipinski definition) is 8. The highest BCUT2D eigenvalue weighted by atomic mass is 31.2. The van der Waals surface area contributed by atoms with E-state index in [2.05, 4.69) is 62.5 Å². The van der Waals surface area contributed by atoms with Gasteiger partial charge in [0, 0.05) is 12.8 Å².